The van der Waals surface area contributed by atoms with Crippen LogP contribution in [0.3, 0.4) is 0 Å². The summed E-state index contributed by atoms with van der Waals surface area (Å²) >= 11 is 0. The Bertz CT molecular complexity index is 638. The van der Waals surface area contributed by atoms with Crippen molar-refractivity contribution in [1.29, 1.82) is 0 Å². The number of rotatable bonds is 5. The van der Waals surface area contributed by atoms with E-state index in [0.29, 0.717) is 31.7 Å². The van der Waals surface area contributed by atoms with Crippen LogP contribution in [0.15, 0.2) is 24.5 Å². The lowest BCUT2D eigenvalue weighted by atomic mass is 9.81. The second-order valence-electron chi connectivity index (χ2n) is 7.90. The number of amides is 2. The zero-order valence-corrected chi connectivity index (χ0v) is 16.1. The van der Waals surface area contributed by atoms with Crippen LogP contribution >= 0.6 is 0 Å². The molecule has 0 radical (unpaired) electrons. The molecule has 142 valence electrons. The van der Waals surface area contributed by atoms with Crippen LogP contribution in [0.2, 0.25) is 0 Å². The molecule has 6 heteroatoms. The molecular weight excluding hydrogens is 328 g/mol. The summed E-state index contributed by atoms with van der Waals surface area (Å²) in [4.78, 5) is 34.2. The lowest BCUT2D eigenvalue weighted by molar-refractivity contribution is -0.161. The van der Waals surface area contributed by atoms with Crippen LogP contribution in [0.4, 0.5) is 0 Å². The second kappa shape index (κ2) is 7.74. The van der Waals surface area contributed by atoms with Crippen molar-refractivity contribution in [3.05, 3.63) is 30.1 Å². The van der Waals surface area contributed by atoms with E-state index in [0.717, 1.165) is 19.6 Å². The number of piperidine rings is 1. The Balaban J connectivity index is 1.69. The summed E-state index contributed by atoms with van der Waals surface area (Å²) < 4.78 is 0. The van der Waals surface area contributed by atoms with Gasteiger partial charge in [0.05, 0.1) is 0 Å². The van der Waals surface area contributed by atoms with Crippen molar-refractivity contribution in [1.82, 2.24) is 20.1 Å². The van der Waals surface area contributed by atoms with Crippen molar-refractivity contribution in [3.8, 4) is 0 Å². The van der Waals surface area contributed by atoms with Gasteiger partial charge in [-0.05, 0) is 49.8 Å². The number of hydrogen-bond donors (Lipinski definition) is 1. The monoisotopic (exact) mass is 358 g/mol. The van der Waals surface area contributed by atoms with Crippen molar-refractivity contribution >= 4 is 11.8 Å². The molecule has 2 amide bonds. The van der Waals surface area contributed by atoms with Gasteiger partial charge >= 0.3 is 0 Å². The smallest absolute Gasteiger partial charge is 0.246 e. The highest BCUT2D eigenvalue weighted by Gasteiger charge is 2.52. The number of carbonyl (C=O) groups is 2. The number of hydrogen-bond acceptors (Lipinski definition) is 4. The molecule has 0 bridgehead atoms. The molecule has 1 aromatic rings. The van der Waals surface area contributed by atoms with Crippen LogP contribution in [-0.2, 0) is 16.1 Å². The molecule has 6 nitrogen and oxygen atoms in total. The quantitative estimate of drug-likeness (QED) is 0.872. The first-order chi connectivity index (χ1) is 12.5. The summed E-state index contributed by atoms with van der Waals surface area (Å²) in [7, 11) is 0. The fourth-order valence-corrected chi connectivity index (χ4v) is 4.29. The summed E-state index contributed by atoms with van der Waals surface area (Å²) in [5, 5.41) is 3.03. The molecule has 2 saturated heterocycles. The minimum absolute atomic E-state index is 0.0353. The van der Waals surface area contributed by atoms with E-state index in [1.165, 1.54) is 5.56 Å². The third kappa shape index (κ3) is 3.61. The molecular formula is C20H30N4O2. The van der Waals surface area contributed by atoms with Crippen molar-refractivity contribution in [2.75, 3.05) is 19.6 Å². The van der Waals surface area contributed by atoms with Gasteiger partial charge in [0.2, 0.25) is 11.8 Å². The summed E-state index contributed by atoms with van der Waals surface area (Å²) in [6, 6.07) is 3.68. The number of likely N-dealkylation sites (N-methyl/N-ethyl adjacent to an activating group) is 1. The number of likely N-dealkylation sites (tertiary alicyclic amines) is 1. The molecule has 1 N–H and O–H groups in total. The highest BCUT2D eigenvalue weighted by atomic mass is 16.2. The molecule has 2 aliphatic rings. The topological polar surface area (TPSA) is 65.5 Å². The van der Waals surface area contributed by atoms with Gasteiger partial charge in [-0.3, -0.25) is 19.5 Å². The van der Waals surface area contributed by atoms with E-state index in [-0.39, 0.29) is 17.9 Å². The van der Waals surface area contributed by atoms with Crippen molar-refractivity contribution in [2.24, 2.45) is 5.92 Å². The maximum absolute atomic E-state index is 13.0. The first-order valence-corrected chi connectivity index (χ1v) is 9.70. The fourth-order valence-electron chi connectivity index (χ4n) is 4.29. The summed E-state index contributed by atoms with van der Waals surface area (Å²) in [5.41, 5.74) is 0.554. The summed E-state index contributed by atoms with van der Waals surface area (Å²) in [6.45, 7) is 9.22. The molecule has 2 aliphatic heterocycles. The third-order valence-corrected chi connectivity index (χ3v) is 5.67. The van der Waals surface area contributed by atoms with Gasteiger partial charge in [0.25, 0.3) is 0 Å². The number of nitrogens with zero attached hydrogens (tertiary/aromatic N) is 3. The van der Waals surface area contributed by atoms with Crippen molar-refractivity contribution in [2.45, 2.75) is 58.2 Å². The Labute approximate surface area is 156 Å². The lowest BCUT2D eigenvalue weighted by Crippen LogP contribution is -2.72. The maximum atomic E-state index is 13.0. The normalized spacial score (nSPS) is 23.5. The number of carbonyl (C=O) groups excluding carboxylic acids is 2. The van der Waals surface area contributed by atoms with Gasteiger partial charge < -0.3 is 10.2 Å². The molecule has 0 saturated carbocycles. The first-order valence-electron chi connectivity index (χ1n) is 9.70. The van der Waals surface area contributed by atoms with Gasteiger partial charge in [-0.15, -0.1) is 0 Å². The molecule has 2 fully saturated rings. The van der Waals surface area contributed by atoms with Gasteiger partial charge in [0, 0.05) is 38.6 Å². The average Bonchev–Trinajstić information content (AvgIpc) is 2.62. The van der Waals surface area contributed by atoms with Crippen LogP contribution < -0.4 is 5.32 Å². The largest absolute Gasteiger partial charge is 0.342 e. The molecule has 1 atom stereocenters. The summed E-state index contributed by atoms with van der Waals surface area (Å²) in [5.74, 6) is 0.496. The SMILES string of the molecule is CCN1C(=O)C(CC(C)C)NC(=O)C12CCN(Cc1ccncc1)CC2. The van der Waals surface area contributed by atoms with Gasteiger partial charge in [-0.1, -0.05) is 13.8 Å². The lowest BCUT2D eigenvalue weighted by Gasteiger charge is -2.51. The average molecular weight is 358 g/mol. The predicted octanol–water partition coefficient (Wildman–Crippen LogP) is 1.81. The molecule has 1 unspecified atom stereocenters. The zero-order chi connectivity index (χ0) is 18.7. The van der Waals surface area contributed by atoms with Crippen molar-refractivity contribution < 1.29 is 9.59 Å². The van der Waals surface area contributed by atoms with E-state index in [9.17, 15) is 9.59 Å². The van der Waals surface area contributed by atoms with Crippen LogP contribution in [0.5, 0.6) is 0 Å². The third-order valence-electron chi connectivity index (χ3n) is 5.67. The van der Waals surface area contributed by atoms with E-state index >= 15 is 0 Å². The molecule has 26 heavy (non-hydrogen) atoms. The minimum atomic E-state index is -0.673. The van der Waals surface area contributed by atoms with Gasteiger partial charge in [0.1, 0.15) is 11.6 Å². The van der Waals surface area contributed by atoms with Crippen molar-refractivity contribution in [3.63, 3.8) is 0 Å². The van der Waals surface area contributed by atoms with E-state index < -0.39 is 5.54 Å². The fraction of sp³-hybridized carbons (Fsp3) is 0.650. The molecule has 1 aromatic heterocycles. The molecule has 1 spiro atoms. The predicted molar refractivity (Wildman–Crippen MR) is 100 cm³/mol. The Hall–Kier alpha value is -1.95. The number of nitrogens with one attached hydrogen (secondary N) is 1. The highest BCUT2D eigenvalue weighted by molar-refractivity contribution is 6.00. The Morgan fingerprint density at radius 1 is 1.23 bits per heavy atom. The second-order valence-corrected chi connectivity index (χ2v) is 7.90. The Morgan fingerprint density at radius 2 is 1.88 bits per heavy atom. The van der Waals surface area contributed by atoms with Gasteiger partial charge in [0.15, 0.2) is 0 Å². The van der Waals surface area contributed by atoms with Gasteiger partial charge in [-0.25, -0.2) is 0 Å². The van der Waals surface area contributed by atoms with E-state index in [1.807, 2.05) is 36.4 Å². The van der Waals surface area contributed by atoms with Gasteiger partial charge in [-0.2, -0.15) is 0 Å². The standard InChI is InChI=1S/C20H30N4O2/c1-4-24-18(25)17(13-15(2)3)22-19(26)20(24)7-11-23(12-8-20)14-16-5-9-21-10-6-16/h5-6,9-10,15,17H,4,7-8,11-14H2,1-3H3,(H,22,26). The Kier molecular flexibility index (Phi) is 5.61. The molecule has 3 heterocycles. The van der Waals surface area contributed by atoms with E-state index in [4.69, 9.17) is 0 Å². The molecule has 3 rings (SSSR count). The van der Waals surface area contributed by atoms with Crippen LogP contribution in [0.1, 0.15) is 45.6 Å². The van der Waals surface area contributed by atoms with Crippen LogP contribution in [0, 0.1) is 5.92 Å². The first kappa shape index (κ1) is 18.8. The minimum Gasteiger partial charge on any atom is -0.342 e. The Morgan fingerprint density at radius 3 is 2.46 bits per heavy atom. The summed E-state index contributed by atoms with van der Waals surface area (Å²) in [6.07, 6.45) is 5.70. The van der Waals surface area contributed by atoms with E-state index in [2.05, 4.69) is 29.0 Å². The number of pyridine rings is 1. The van der Waals surface area contributed by atoms with Crippen LogP contribution in [-0.4, -0.2) is 57.8 Å². The maximum Gasteiger partial charge on any atom is 0.246 e. The number of piperazine rings is 1. The molecule has 0 aliphatic carbocycles. The van der Waals surface area contributed by atoms with Crippen LogP contribution in [0.25, 0.3) is 0 Å². The number of aromatic nitrogens is 1. The molecule has 0 aromatic carbocycles. The highest BCUT2D eigenvalue weighted by Crippen LogP contribution is 2.34. The zero-order valence-electron chi connectivity index (χ0n) is 16.1. The van der Waals surface area contributed by atoms with E-state index in [1.54, 1.807) is 0 Å².